The van der Waals surface area contributed by atoms with Gasteiger partial charge >= 0.3 is 0 Å². The predicted octanol–water partition coefficient (Wildman–Crippen LogP) is 8.65. The molecule has 0 amide bonds. The summed E-state index contributed by atoms with van der Waals surface area (Å²) >= 11 is 0. The second-order valence-electron chi connectivity index (χ2n) is 12.0. The number of nitrogens with zero attached hydrogens (tertiary/aromatic N) is 1. The molecule has 1 fully saturated rings. The molecule has 222 valence electrons. The fourth-order valence-electron chi connectivity index (χ4n) is 5.56. The number of halogens is 1. The van der Waals surface area contributed by atoms with Gasteiger partial charge in [-0.15, -0.1) is 0 Å². The Morgan fingerprint density at radius 3 is 2.46 bits per heavy atom. The highest BCUT2D eigenvalue weighted by Crippen LogP contribution is 2.53. The molecule has 0 bridgehead atoms. The maximum absolute atomic E-state index is 15.0. The largest absolute Gasteiger partial charge is 0.489 e. The molecule has 0 aliphatic heterocycles. The molecular formula is C33H43FNO5P. The van der Waals surface area contributed by atoms with Gasteiger partial charge < -0.3 is 18.7 Å². The van der Waals surface area contributed by atoms with Crippen molar-refractivity contribution < 1.29 is 27.7 Å². The molecule has 2 unspecified atom stereocenters. The molecule has 4 rings (SSSR count). The summed E-state index contributed by atoms with van der Waals surface area (Å²) in [6, 6.07) is 15.6. The van der Waals surface area contributed by atoms with Crippen LogP contribution in [-0.2, 0) is 20.4 Å². The van der Waals surface area contributed by atoms with E-state index in [0.717, 1.165) is 40.8 Å². The van der Waals surface area contributed by atoms with Gasteiger partial charge in [0.1, 0.15) is 18.2 Å². The van der Waals surface area contributed by atoms with Crippen LogP contribution in [0.1, 0.15) is 69.2 Å². The van der Waals surface area contributed by atoms with Crippen molar-refractivity contribution >= 4 is 7.37 Å². The lowest BCUT2D eigenvalue weighted by Gasteiger charge is -2.32. The van der Waals surface area contributed by atoms with Gasteiger partial charge in [0.25, 0.3) is 0 Å². The Balaban J connectivity index is 1.62. The molecule has 2 aromatic carbocycles. The predicted molar refractivity (Wildman–Crippen MR) is 162 cm³/mol. The Labute approximate surface area is 244 Å². The van der Waals surface area contributed by atoms with Gasteiger partial charge in [-0.25, -0.2) is 9.37 Å². The van der Waals surface area contributed by atoms with Crippen LogP contribution in [0.15, 0.2) is 54.7 Å². The normalized spacial score (nSPS) is 16.6. The van der Waals surface area contributed by atoms with Crippen LogP contribution in [-0.4, -0.2) is 38.6 Å². The third kappa shape index (κ3) is 7.97. The summed E-state index contributed by atoms with van der Waals surface area (Å²) < 4.78 is 51.1. The van der Waals surface area contributed by atoms with E-state index in [1.54, 1.807) is 19.8 Å². The smallest absolute Gasteiger partial charge is 0.213 e. The van der Waals surface area contributed by atoms with E-state index in [1.165, 1.54) is 13.3 Å². The van der Waals surface area contributed by atoms with Crippen LogP contribution in [0, 0.1) is 17.2 Å². The molecule has 6 nitrogen and oxygen atoms in total. The topological polar surface area (TPSA) is 66.9 Å². The minimum absolute atomic E-state index is 0.188. The summed E-state index contributed by atoms with van der Waals surface area (Å²) in [4.78, 5) is 4.00. The van der Waals surface area contributed by atoms with Crippen molar-refractivity contribution in [3.8, 4) is 22.8 Å². The van der Waals surface area contributed by atoms with E-state index in [-0.39, 0.29) is 17.4 Å². The number of benzene rings is 2. The molecule has 0 spiro atoms. The van der Waals surface area contributed by atoms with Gasteiger partial charge in [-0.05, 0) is 77.5 Å². The van der Waals surface area contributed by atoms with E-state index < -0.39 is 13.2 Å². The van der Waals surface area contributed by atoms with Crippen LogP contribution >= 0.6 is 7.37 Å². The maximum Gasteiger partial charge on any atom is 0.213 e. The molecule has 0 saturated heterocycles. The fourth-order valence-corrected chi connectivity index (χ4v) is 7.43. The Hall–Kier alpha value is -2.73. The van der Waals surface area contributed by atoms with Gasteiger partial charge in [0.15, 0.2) is 0 Å². The molecule has 1 aliphatic carbocycles. The number of rotatable bonds is 13. The van der Waals surface area contributed by atoms with E-state index >= 15 is 4.39 Å². The quantitative estimate of drug-likeness (QED) is 0.188. The molecule has 3 aromatic rings. The number of pyridine rings is 1. The molecule has 0 N–H and O–H groups in total. The lowest BCUT2D eigenvalue weighted by molar-refractivity contribution is 0.0155. The van der Waals surface area contributed by atoms with E-state index in [0.29, 0.717) is 36.7 Å². The molecule has 8 heteroatoms. The molecule has 41 heavy (non-hydrogen) atoms. The van der Waals surface area contributed by atoms with Crippen molar-refractivity contribution in [3.63, 3.8) is 0 Å². The first-order valence-corrected chi connectivity index (χ1v) is 16.5. The van der Waals surface area contributed by atoms with Crippen LogP contribution in [0.25, 0.3) is 11.1 Å². The summed E-state index contributed by atoms with van der Waals surface area (Å²) in [5.74, 6) is 1.39. The number of ether oxygens (including phenoxy) is 3. The minimum Gasteiger partial charge on any atom is -0.489 e. The standard InChI is InChI=1S/C33H43FNO5P/c1-8-40-41(7,36)21-29(23-13-14-23)24-10-9-11-25(17-24)39-20-22-12-15-26(27-18-31(37-5)35-19-30(27)34)28(16-22)32(38-6)33(2,3)4/h9-12,15-19,23,29,32H,8,13-14,20-21H2,1-7H3/t29?,32-,41?/m1/s1. The SMILES string of the molecule is CCOP(C)(=O)CC(c1cccc(OCc2ccc(-c3cc(OC)ncc3F)c([C@@H](OC)C(C)(C)C)c2)c1)C1CC1. The summed E-state index contributed by atoms with van der Waals surface area (Å²) in [7, 11) is 0.521. The highest BCUT2D eigenvalue weighted by atomic mass is 31.2. The van der Waals surface area contributed by atoms with Crippen molar-refractivity contribution in [2.75, 3.05) is 33.7 Å². The van der Waals surface area contributed by atoms with Crippen molar-refractivity contribution in [3.05, 3.63) is 77.2 Å². The van der Waals surface area contributed by atoms with Gasteiger partial charge in [0.2, 0.25) is 13.2 Å². The Morgan fingerprint density at radius 1 is 1.07 bits per heavy atom. The zero-order valence-corrected chi connectivity index (χ0v) is 26.2. The van der Waals surface area contributed by atoms with Gasteiger partial charge in [-0.2, -0.15) is 0 Å². The lowest BCUT2D eigenvalue weighted by Crippen LogP contribution is -2.21. The van der Waals surface area contributed by atoms with Crippen molar-refractivity contribution in [2.24, 2.45) is 11.3 Å². The van der Waals surface area contributed by atoms with Crippen LogP contribution < -0.4 is 9.47 Å². The maximum atomic E-state index is 15.0. The van der Waals surface area contributed by atoms with Gasteiger partial charge in [0.05, 0.1) is 26.0 Å². The van der Waals surface area contributed by atoms with E-state index in [9.17, 15) is 4.57 Å². The fraction of sp³-hybridized carbons (Fsp3) is 0.485. The summed E-state index contributed by atoms with van der Waals surface area (Å²) in [5.41, 5.74) is 3.83. The highest BCUT2D eigenvalue weighted by Gasteiger charge is 2.36. The molecule has 1 heterocycles. The number of aromatic nitrogens is 1. The summed E-state index contributed by atoms with van der Waals surface area (Å²) in [6.07, 6.45) is 3.72. The van der Waals surface area contributed by atoms with E-state index in [1.807, 2.05) is 37.3 Å². The molecule has 1 saturated carbocycles. The molecular weight excluding hydrogens is 540 g/mol. The highest BCUT2D eigenvalue weighted by molar-refractivity contribution is 7.58. The Bertz CT molecular complexity index is 1380. The number of hydrogen-bond donors (Lipinski definition) is 0. The molecule has 0 radical (unpaired) electrons. The van der Waals surface area contributed by atoms with E-state index in [4.69, 9.17) is 18.7 Å². The van der Waals surface area contributed by atoms with Crippen molar-refractivity contribution in [2.45, 2.75) is 59.2 Å². The second kappa shape index (κ2) is 13.1. The average Bonchev–Trinajstić information content (AvgIpc) is 3.76. The first-order valence-electron chi connectivity index (χ1n) is 14.2. The third-order valence-corrected chi connectivity index (χ3v) is 9.42. The third-order valence-electron chi connectivity index (χ3n) is 7.56. The van der Waals surface area contributed by atoms with Crippen LogP contribution in [0.2, 0.25) is 0 Å². The summed E-state index contributed by atoms with van der Waals surface area (Å²) in [6.45, 7) is 10.7. The zero-order valence-electron chi connectivity index (χ0n) is 25.3. The summed E-state index contributed by atoms with van der Waals surface area (Å²) in [5, 5.41) is 0. The Morgan fingerprint density at radius 2 is 1.83 bits per heavy atom. The average molecular weight is 584 g/mol. The van der Waals surface area contributed by atoms with Crippen molar-refractivity contribution in [1.82, 2.24) is 4.98 Å². The zero-order chi connectivity index (χ0) is 29.8. The monoisotopic (exact) mass is 583 g/mol. The number of methoxy groups -OCH3 is 2. The second-order valence-corrected chi connectivity index (χ2v) is 14.7. The van der Waals surface area contributed by atoms with Crippen molar-refractivity contribution in [1.29, 1.82) is 0 Å². The first kappa shape index (κ1) is 31.2. The number of hydrogen-bond acceptors (Lipinski definition) is 6. The first-order chi connectivity index (χ1) is 19.5. The van der Waals surface area contributed by atoms with Crippen LogP contribution in [0.3, 0.4) is 0 Å². The molecule has 3 atom stereocenters. The lowest BCUT2D eigenvalue weighted by atomic mass is 9.81. The van der Waals surface area contributed by atoms with Crippen LogP contribution in [0.5, 0.6) is 11.6 Å². The molecule has 1 aromatic heterocycles. The van der Waals surface area contributed by atoms with Gasteiger partial charge in [-0.1, -0.05) is 45.0 Å². The van der Waals surface area contributed by atoms with Gasteiger partial charge in [-0.3, -0.25) is 4.57 Å². The van der Waals surface area contributed by atoms with E-state index in [2.05, 4.69) is 37.9 Å². The Kier molecular flexibility index (Phi) is 9.94. The minimum atomic E-state index is -2.67. The van der Waals surface area contributed by atoms with Crippen LogP contribution in [0.4, 0.5) is 4.39 Å². The molecule has 1 aliphatic rings. The van der Waals surface area contributed by atoms with Gasteiger partial charge in [0, 0.05) is 31.6 Å².